The van der Waals surface area contributed by atoms with Crippen LogP contribution in [0, 0.1) is 13.8 Å². The van der Waals surface area contributed by atoms with Gasteiger partial charge in [0, 0.05) is 0 Å². The summed E-state index contributed by atoms with van der Waals surface area (Å²) in [6, 6.07) is 3.44. The number of anilines is 1. The summed E-state index contributed by atoms with van der Waals surface area (Å²) < 4.78 is 9.04. The zero-order valence-corrected chi connectivity index (χ0v) is 11.8. The van der Waals surface area contributed by atoms with Crippen molar-refractivity contribution in [2.45, 2.75) is 13.8 Å². The Bertz CT molecular complexity index is 563. The van der Waals surface area contributed by atoms with Crippen LogP contribution in [0.3, 0.4) is 0 Å². The fourth-order valence-electron chi connectivity index (χ4n) is 1.63. The molecule has 0 bridgehead atoms. The van der Waals surface area contributed by atoms with E-state index in [0.717, 1.165) is 11.6 Å². The number of phenolic OH excluding ortho intramolecular Hbond substituents is 1. The van der Waals surface area contributed by atoms with Crippen LogP contribution in [-0.2, 0) is 19.1 Å². The number of aromatic hydroxyl groups is 1. The second-order valence-electron chi connectivity index (χ2n) is 4.18. The number of hydrogen-bond donors (Lipinski definition) is 2. The highest BCUT2D eigenvalue weighted by molar-refractivity contribution is 5.99. The molecule has 0 aliphatic rings. The Labute approximate surface area is 117 Å². The molecule has 0 aliphatic heterocycles. The van der Waals surface area contributed by atoms with Crippen LogP contribution in [0.5, 0.6) is 5.75 Å². The SMILES string of the molecule is COC(=O)/C=C(/Nc1cc(C)cc(C)c1O)C(=O)OC. The molecule has 0 unspecified atom stereocenters. The number of esters is 2. The van der Waals surface area contributed by atoms with E-state index >= 15 is 0 Å². The van der Waals surface area contributed by atoms with Gasteiger partial charge < -0.3 is 19.9 Å². The van der Waals surface area contributed by atoms with Crippen molar-refractivity contribution < 1.29 is 24.2 Å². The number of ether oxygens (including phenoxy) is 2. The van der Waals surface area contributed by atoms with Crippen LogP contribution < -0.4 is 5.32 Å². The minimum Gasteiger partial charge on any atom is -0.505 e. The lowest BCUT2D eigenvalue weighted by atomic mass is 10.1. The van der Waals surface area contributed by atoms with E-state index in [4.69, 9.17) is 0 Å². The van der Waals surface area contributed by atoms with Crippen molar-refractivity contribution >= 4 is 17.6 Å². The van der Waals surface area contributed by atoms with Gasteiger partial charge in [-0.25, -0.2) is 9.59 Å². The predicted octanol–water partition coefficient (Wildman–Crippen LogP) is 1.65. The molecule has 2 N–H and O–H groups in total. The number of hydrogen-bond acceptors (Lipinski definition) is 6. The van der Waals surface area contributed by atoms with Crippen LogP contribution in [0.1, 0.15) is 11.1 Å². The second-order valence-corrected chi connectivity index (χ2v) is 4.18. The third-order valence-electron chi connectivity index (χ3n) is 2.58. The first-order chi connectivity index (χ1) is 9.38. The maximum atomic E-state index is 11.6. The zero-order valence-electron chi connectivity index (χ0n) is 11.8. The highest BCUT2D eigenvalue weighted by Gasteiger charge is 2.15. The molecule has 0 aliphatic carbocycles. The Balaban J connectivity index is 3.17. The smallest absolute Gasteiger partial charge is 0.354 e. The van der Waals surface area contributed by atoms with Gasteiger partial charge in [-0.1, -0.05) is 6.07 Å². The molecule has 0 fully saturated rings. The van der Waals surface area contributed by atoms with Gasteiger partial charge in [0.1, 0.15) is 11.4 Å². The van der Waals surface area contributed by atoms with Crippen molar-refractivity contribution in [2.24, 2.45) is 0 Å². The third-order valence-corrected chi connectivity index (χ3v) is 2.58. The number of rotatable bonds is 4. The summed E-state index contributed by atoms with van der Waals surface area (Å²) in [5, 5.41) is 12.6. The third kappa shape index (κ3) is 3.74. The van der Waals surface area contributed by atoms with Gasteiger partial charge in [-0.05, 0) is 31.0 Å². The molecule has 0 spiro atoms. The molecule has 6 nitrogen and oxygen atoms in total. The topological polar surface area (TPSA) is 84.9 Å². The zero-order chi connectivity index (χ0) is 15.3. The molecule has 1 aromatic carbocycles. The van der Waals surface area contributed by atoms with Gasteiger partial charge in [-0.15, -0.1) is 0 Å². The number of carbonyl (C=O) groups excluding carboxylic acids is 2. The molecular weight excluding hydrogens is 262 g/mol. The van der Waals surface area contributed by atoms with Crippen molar-refractivity contribution in [2.75, 3.05) is 19.5 Å². The van der Waals surface area contributed by atoms with Gasteiger partial charge in [0.05, 0.1) is 26.0 Å². The first-order valence-corrected chi connectivity index (χ1v) is 5.84. The average molecular weight is 279 g/mol. The predicted molar refractivity (Wildman–Crippen MR) is 73.3 cm³/mol. The van der Waals surface area contributed by atoms with E-state index in [0.29, 0.717) is 11.3 Å². The normalized spacial score (nSPS) is 10.9. The molecule has 1 rings (SSSR count). The van der Waals surface area contributed by atoms with Gasteiger partial charge in [0.2, 0.25) is 0 Å². The molecule has 0 radical (unpaired) electrons. The fraction of sp³-hybridized carbons (Fsp3) is 0.286. The summed E-state index contributed by atoms with van der Waals surface area (Å²) in [6.45, 7) is 3.58. The average Bonchev–Trinajstić information content (AvgIpc) is 2.42. The van der Waals surface area contributed by atoms with E-state index in [1.807, 2.05) is 6.92 Å². The van der Waals surface area contributed by atoms with E-state index in [1.54, 1.807) is 19.1 Å². The van der Waals surface area contributed by atoms with E-state index < -0.39 is 11.9 Å². The van der Waals surface area contributed by atoms with Crippen LogP contribution in [0.15, 0.2) is 23.9 Å². The maximum Gasteiger partial charge on any atom is 0.354 e. The summed E-state index contributed by atoms with van der Waals surface area (Å²) >= 11 is 0. The molecule has 0 saturated carbocycles. The van der Waals surface area contributed by atoms with Crippen molar-refractivity contribution in [1.82, 2.24) is 0 Å². The van der Waals surface area contributed by atoms with Crippen LogP contribution in [0.4, 0.5) is 5.69 Å². The lowest BCUT2D eigenvalue weighted by Gasteiger charge is -2.13. The van der Waals surface area contributed by atoms with Crippen LogP contribution >= 0.6 is 0 Å². The first kappa shape index (κ1) is 15.6. The number of nitrogens with one attached hydrogen (secondary N) is 1. The van der Waals surface area contributed by atoms with Crippen LogP contribution in [0.25, 0.3) is 0 Å². The van der Waals surface area contributed by atoms with E-state index in [2.05, 4.69) is 14.8 Å². The molecule has 0 heterocycles. The van der Waals surface area contributed by atoms with Gasteiger partial charge in [-0.2, -0.15) is 0 Å². The van der Waals surface area contributed by atoms with Crippen LogP contribution in [-0.4, -0.2) is 31.3 Å². The molecule has 0 amide bonds. The van der Waals surface area contributed by atoms with E-state index in [9.17, 15) is 14.7 Å². The van der Waals surface area contributed by atoms with Crippen LogP contribution in [0.2, 0.25) is 0 Å². The van der Waals surface area contributed by atoms with Crippen molar-refractivity contribution in [1.29, 1.82) is 0 Å². The Kier molecular flexibility index (Phi) is 5.14. The number of phenols is 1. The number of aryl methyl sites for hydroxylation is 2. The molecule has 6 heteroatoms. The maximum absolute atomic E-state index is 11.6. The first-order valence-electron chi connectivity index (χ1n) is 5.84. The number of methoxy groups -OCH3 is 2. The molecule has 0 aromatic heterocycles. The highest BCUT2D eigenvalue weighted by Crippen LogP contribution is 2.29. The summed E-state index contributed by atoms with van der Waals surface area (Å²) in [5.74, 6) is -1.45. The Hall–Kier alpha value is -2.50. The second kappa shape index (κ2) is 6.60. The summed E-state index contributed by atoms with van der Waals surface area (Å²) in [6.07, 6.45) is 0.961. The van der Waals surface area contributed by atoms with E-state index in [1.165, 1.54) is 14.2 Å². The standard InChI is InChI=1S/C14H17NO5/c1-8-5-9(2)13(17)10(6-8)15-11(14(18)20-4)7-12(16)19-3/h5-7,15,17H,1-4H3/b11-7+. The quantitative estimate of drug-likeness (QED) is 0.495. The molecular formula is C14H17NO5. The molecule has 20 heavy (non-hydrogen) atoms. The van der Waals surface area contributed by atoms with Crippen molar-refractivity contribution in [3.05, 3.63) is 35.0 Å². The molecule has 0 saturated heterocycles. The molecule has 1 aromatic rings. The van der Waals surface area contributed by atoms with Gasteiger partial charge in [-0.3, -0.25) is 0 Å². The summed E-state index contributed by atoms with van der Waals surface area (Å²) in [4.78, 5) is 22.8. The minimum atomic E-state index is -0.742. The highest BCUT2D eigenvalue weighted by atomic mass is 16.5. The monoisotopic (exact) mass is 279 g/mol. The Morgan fingerprint density at radius 2 is 1.85 bits per heavy atom. The van der Waals surface area contributed by atoms with Gasteiger partial charge in [0.25, 0.3) is 0 Å². The van der Waals surface area contributed by atoms with Crippen molar-refractivity contribution in [3.8, 4) is 5.75 Å². The summed E-state index contributed by atoms with van der Waals surface area (Å²) in [5.41, 5.74) is 1.72. The lowest BCUT2D eigenvalue weighted by molar-refractivity contribution is -0.138. The molecule has 0 atom stereocenters. The summed E-state index contributed by atoms with van der Waals surface area (Å²) in [7, 11) is 2.39. The fourth-order valence-corrected chi connectivity index (χ4v) is 1.63. The largest absolute Gasteiger partial charge is 0.505 e. The van der Waals surface area contributed by atoms with Gasteiger partial charge in [0.15, 0.2) is 0 Å². The van der Waals surface area contributed by atoms with Crippen molar-refractivity contribution in [3.63, 3.8) is 0 Å². The van der Waals surface area contributed by atoms with E-state index in [-0.39, 0.29) is 11.4 Å². The minimum absolute atomic E-state index is 0.00438. The number of benzene rings is 1. The molecule has 108 valence electrons. The Morgan fingerprint density at radius 3 is 2.40 bits per heavy atom. The lowest BCUT2D eigenvalue weighted by Crippen LogP contribution is -2.15. The Morgan fingerprint density at radius 1 is 1.20 bits per heavy atom. The van der Waals surface area contributed by atoms with Gasteiger partial charge >= 0.3 is 11.9 Å². The number of carbonyl (C=O) groups is 2.